The van der Waals surface area contributed by atoms with Crippen LogP contribution >= 0.6 is 11.8 Å². The van der Waals surface area contributed by atoms with Gasteiger partial charge in [0.15, 0.2) is 0 Å². The fourth-order valence-corrected chi connectivity index (χ4v) is 2.04. The molecule has 1 aliphatic heterocycles. The van der Waals surface area contributed by atoms with Crippen molar-refractivity contribution in [2.24, 2.45) is 5.73 Å². The third-order valence-corrected chi connectivity index (χ3v) is 3.05. The van der Waals surface area contributed by atoms with E-state index in [0.717, 1.165) is 0 Å². The molecule has 6 heteroatoms. The van der Waals surface area contributed by atoms with E-state index in [1.54, 1.807) is 6.26 Å². The van der Waals surface area contributed by atoms with E-state index in [9.17, 15) is 10.2 Å². The minimum atomic E-state index is -1.11. The zero-order chi connectivity index (χ0) is 10.0. The molecular weight excluding hydrogens is 194 g/mol. The summed E-state index contributed by atoms with van der Waals surface area (Å²) in [5.74, 6) is 0. The molecule has 5 N–H and O–H groups in total. The first-order valence-electron chi connectivity index (χ1n) is 4.02. The van der Waals surface area contributed by atoms with E-state index in [4.69, 9.17) is 15.6 Å². The van der Waals surface area contributed by atoms with Crippen LogP contribution < -0.4 is 5.73 Å². The molecule has 78 valence electrons. The third kappa shape index (κ3) is 2.15. The topological polar surface area (TPSA) is 95.9 Å². The van der Waals surface area contributed by atoms with Crippen LogP contribution in [-0.4, -0.2) is 58.0 Å². The molecule has 0 aliphatic carbocycles. The van der Waals surface area contributed by atoms with Gasteiger partial charge in [-0.3, -0.25) is 0 Å². The van der Waals surface area contributed by atoms with Crippen LogP contribution in [0, 0.1) is 0 Å². The summed E-state index contributed by atoms with van der Waals surface area (Å²) in [4.78, 5) is 0. The smallest absolute Gasteiger partial charge is 0.121 e. The third-order valence-electron chi connectivity index (χ3n) is 2.16. The standard InChI is InChI=1S/C7H15NO4S/c1-13-7-4(8)6(11)5(10)3(2-9)12-7/h3-7,9-11H,2,8H2,1H3/t3-,4+,5-,6-,7+/m1/s1. The van der Waals surface area contributed by atoms with Gasteiger partial charge in [0.1, 0.15) is 23.7 Å². The summed E-state index contributed by atoms with van der Waals surface area (Å²) in [6, 6.07) is -0.618. The summed E-state index contributed by atoms with van der Waals surface area (Å²) in [6.07, 6.45) is -1.09. The second-order valence-corrected chi connectivity index (χ2v) is 3.96. The van der Waals surface area contributed by atoms with Crippen molar-refractivity contribution >= 4 is 11.8 Å². The Morgan fingerprint density at radius 3 is 2.46 bits per heavy atom. The Morgan fingerprint density at radius 1 is 1.38 bits per heavy atom. The molecule has 5 nitrogen and oxygen atoms in total. The summed E-state index contributed by atoms with van der Waals surface area (Å²) in [7, 11) is 0. The van der Waals surface area contributed by atoms with Crippen LogP contribution in [0.25, 0.3) is 0 Å². The molecule has 0 saturated carbocycles. The maximum absolute atomic E-state index is 9.47. The Bertz CT molecular complexity index is 151. The maximum Gasteiger partial charge on any atom is 0.121 e. The van der Waals surface area contributed by atoms with E-state index in [1.807, 2.05) is 0 Å². The largest absolute Gasteiger partial charge is 0.394 e. The average molecular weight is 209 g/mol. The summed E-state index contributed by atoms with van der Waals surface area (Å²) < 4.78 is 5.26. The van der Waals surface area contributed by atoms with Crippen LogP contribution in [0.3, 0.4) is 0 Å². The molecule has 0 radical (unpaired) electrons. The molecule has 1 saturated heterocycles. The van der Waals surface area contributed by atoms with Crippen molar-refractivity contribution in [1.82, 2.24) is 0 Å². The van der Waals surface area contributed by atoms with Crippen LogP contribution in [0.1, 0.15) is 0 Å². The Kier molecular flexibility index (Phi) is 3.96. The minimum absolute atomic E-state index is 0.317. The van der Waals surface area contributed by atoms with Crippen molar-refractivity contribution in [3.05, 3.63) is 0 Å². The first kappa shape index (κ1) is 11.2. The van der Waals surface area contributed by atoms with E-state index in [0.29, 0.717) is 0 Å². The van der Waals surface area contributed by atoms with E-state index >= 15 is 0 Å². The summed E-state index contributed by atoms with van der Waals surface area (Å²) in [5.41, 5.74) is 5.22. The highest BCUT2D eigenvalue weighted by molar-refractivity contribution is 7.99. The number of aliphatic hydroxyl groups is 3. The Morgan fingerprint density at radius 2 is 2.00 bits per heavy atom. The van der Waals surface area contributed by atoms with Gasteiger partial charge < -0.3 is 25.8 Å². The van der Waals surface area contributed by atoms with Crippen LogP contribution in [-0.2, 0) is 4.74 Å². The molecule has 1 aliphatic rings. The van der Waals surface area contributed by atoms with Crippen molar-refractivity contribution in [2.75, 3.05) is 12.9 Å². The lowest BCUT2D eigenvalue weighted by Gasteiger charge is -2.39. The van der Waals surface area contributed by atoms with Crippen LogP contribution in [0.15, 0.2) is 0 Å². The highest BCUT2D eigenvalue weighted by Gasteiger charge is 2.41. The number of aliphatic hydroxyl groups excluding tert-OH is 3. The summed E-state index contributed by atoms with van der Waals surface area (Å²) >= 11 is 1.35. The Balaban J connectivity index is 2.66. The van der Waals surface area contributed by atoms with Gasteiger partial charge in [0.2, 0.25) is 0 Å². The van der Waals surface area contributed by atoms with Gasteiger partial charge in [-0.05, 0) is 6.26 Å². The lowest BCUT2D eigenvalue weighted by atomic mass is 9.99. The predicted molar refractivity (Wildman–Crippen MR) is 49.3 cm³/mol. The van der Waals surface area contributed by atoms with Gasteiger partial charge in [0.25, 0.3) is 0 Å². The van der Waals surface area contributed by atoms with Crippen molar-refractivity contribution in [2.45, 2.75) is 29.8 Å². The van der Waals surface area contributed by atoms with Gasteiger partial charge in [-0.15, -0.1) is 11.8 Å². The quantitative estimate of drug-likeness (QED) is 0.425. The molecule has 0 aromatic carbocycles. The Labute approximate surface area is 80.9 Å². The zero-order valence-electron chi connectivity index (χ0n) is 7.33. The molecule has 0 amide bonds. The molecule has 0 unspecified atom stereocenters. The number of hydrogen-bond donors (Lipinski definition) is 4. The lowest BCUT2D eigenvalue weighted by Crippen LogP contribution is -2.60. The van der Waals surface area contributed by atoms with E-state index in [-0.39, 0.29) is 12.0 Å². The molecule has 1 fully saturated rings. The molecule has 0 spiro atoms. The lowest BCUT2D eigenvalue weighted by molar-refractivity contribution is -0.165. The highest BCUT2D eigenvalue weighted by atomic mass is 32.2. The SMILES string of the molecule is CS[C@@H]1O[C@H](CO)[C@@H](O)[C@H](O)[C@@H]1N. The highest BCUT2D eigenvalue weighted by Crippen LogP contribution is 2.25. The number of thioether (sulfide) groups is 1. The van der Waals surface area contributed by atoms with Gasteiger partial charge in [-0.2, -0.15) is 0 Å². The fourth-order valence-electron chi connectivity index (χ4n) is 1.32. The molecule has 1 rings (SSSR count). The van der Waals surface area contributed by atoms with Gasteiger partial charge in [-0.1, -0.05) is 0 Å². The van der Waals surface area contributed by atoms with Crippen molar-refractivity contribution < 1.29 is 20.1 Å². The van der Waals surface area contributed by atoms with Crippen LogP contribution in [0.5, 0.6) is 0 Å². The monoisotopic (exact) mass is 209 g/mol. The zero-order valence-corrected chi connectivity index (χ0v) is 8.15. The summed E-state index contributed by atoms with van der Waals surface area (Å²) in [6.45, 7) is -0.317. The van der Waals surface area contributed by atoms with Crippen LogP contribution in [0.4, 0.5) is 0 Å². The molecular formula is C7H15NO4S. The number of rotatable bonds is 2. The van der Waals surface area contributed by atoms with E-state index < -0.39 is 24.4 Å². The number of nitrogens with two attached hydrogens (primary N) is 1. The minimum Gasteiger partial charge on any atom is -0.394 e. The van der Waals surface area contributed by atoms with Gasteiger partial charge >= 0.3 is 0 Å². The van der Waals surface area contributed by atoms with Crippen molar-refractivity contribution in [3.63, 3.8) is 0 Å². The molecule has 0 aromatic heterocycles. The van der Waals surface area contributed by atoms with Gasteiger partial charge in [0.05, 0.1) is 12.6 Å². The molecule has 1 heterocycles. The van der Waals surface area contributed by atoms with Gasteiger partial charge in [0, 0.05) is 0 Å². The molecule has 13 heavy (non-hydrogen) atoms. The predicted octanol–water partition coefficient (Wildman–Crippen LogP) is -1.88. The first-order valence-corrected chi connectivity index (χ1v) is 5.31. The van der Waals surface area contributed by atoms with E-state index in [2.05, 4.69) is 0 Å². The van der Waals surface area contributed by atoms with E-state index in [1.165, 1.54) is 11.8 Å². The van der Waals surface area contributed by atoms with Crippen LogP contribution in [0.2, 0.25) is 0 Å². The molecule has 0 bridgehead atoms. The molecule has 5 atom stereocenters. The number of ether oxygens (including phenoxy) is 1. The molecule has 0 aromatic rings. The maximum atomic E-state index is 9.47. The van der Waals surface area contributed by atoms with Gasteiger partial charge in [-0.25, -0.2) is 0 Å². The Hall–Kier alpha value is 0.150. The normalized spacial score (nSPS) is 46.4. The first-order chi connectivity index (χ1) is 6.11. The second kappa shape index (κ2) is 4.59. The number of hydrogen-bond acceptors (Lipinski definition) is 6. The average Bonchev–Trinajstić information content (AvgIpc) is 2.15. The summed E-state index contributed by atoms with van der Waals surface area (Å²) in [5, 5.41) is 27.7. The van der Waals surface area contributed by atoms with Crippen molar-refractivity contribution in [1.29, 1.82) is 0 Å². The fraction of sp³-hybridized carbons (Fsp3) is 1.00. The second-order valence-electron chi connectivity index (χ2n) is 3.02. The van der Waals surface area contributed by atoms with Crippen molar-refractivity contribution in [3.8, 4) is 0 Å².